The molecule has 0 aromatic rings. The van der Waals surface area contributed by atoms with Crippen LogP contribution in [0.15, 0.2) is 72.9 Å². The highest BCUT2D eigenvalue weighted by Gasteiger charge is 2.19. The summed E-state index contributed by atoms with van der Waals surface area (Å²) in [6, 6.07) is 0. The van der Waals surface area contributed by atoms with E-state index in [0.29, 0.717) is 19.3 Å². The summed E-state index contributed by atoms with van der Waals surface area (Å²) in [4.78, 5) is 38.1. The standard InChI is InChI=1S/C60H104O6/c1-4-7-10-13-16-19-22-25-27-29-31-33-35-38-41-44-47-50-53-59(62)65-56-57(55-64-58(61)52-49-46-43-40-37-24-21-18-15-12-9-6-3)66-60(63)54-51-48-45-42-39-36-34-32-30-28-26-23-20-17-14-11-8-5-2/h22-23,25-34,57H,4-21,24,35-56H2,1-3H3/b25-22-,26-23-,29-27-,30-28-,33-31-,34-32-. The molecular weight excluding hydrogens is 817 g/mol. The summed E-state index contributed by atoms with van der Waals surface area (Å²) in [5.41, 5.74) is 0. The van der Waals surface area contributed by atoms with Crippen molar-refractivity contribution in [3.05, 3.63) is 72.9 Å². The first-order valence-corrected chi connectivity index (χ1v) is 28.0. The van der Waals surface area contributed by atoms with E-state index in [4.69, 9.17) is 14.2 Å². The highest BCUT2D eigenvalue weighted by atomic mass is 16.6. The van der Waals surface area contributed by atoms with Crippen LogP contribution in [0.5, 0.6) is 0 Å². The topological polar surface area (TPSA) is 78.9 Å². The average molecular weight is 921 g/mol. The predicted molar refractivity (Wildman–Crippen MR) is 284 cm³/mol. The molecule has 0 fully saturated rings. The predicted octanol–water partition coefficient (Wildman–Crippen LogP) is 18.6. The molecular formula is C60H104O6. The number of carbonyl (C=O) groups excluding carboxylic acids is 3. The van der Waals surface area contributed by atoms with Crippen LogP contribution in [0.2, 0.25) is 0 Å². The van der Waals surface area contributed by atoms with Gasteiger partial charge in [0.05, 0.1) is 0 Å². The Morgan fingerprint density at radius 3 is 0.833 bits per heavy atom. The maximum absolute atomic E-state index is 12.8. The molecule has 0 aromatic carbocycles. The van der Waals surface area contributed by atoms with E-state index in [1.54, 1.807) is 0 Å². The summed E-state index contributed by atoms with van der Waals surface area (Å²) in [6.45, 7) is 6.58. The lowest BCUT2D eigenvalue weighted by atomic mass is 10.0. The first-order chi connectivity index (χ1) is 32.5. The van der Waals surface area contributed by atoms with Gasteiger partial charge in [0, 0.05) is 19.3 Å². The summed E-state index contributed by atoms with van der Waals surface area (Å²) in [6.07, 6.45) is 68.8. The van der Waals surface area contributed by atoms with E-state index >= 15 is 0 Å². The van der Waals surface area contributed by atoms with E-state index in [0.717, 1.165) is 103 Å². The summed E-state index contributed by atoms with van der Waals surface area (Å²) < 4.78 is 16.8. The molecule has 6 heteroatoms. The van der Waals surface area contributed by atoms with Crippen LogP contribution < -0.4 is 0 Å². The Kier molecular flexibility index (Phi) is 51.9. The van der Waals surface area contributed by atoms with Gasteiger partial charge in [-0.25, -0.2) is 0 Å². The molecule has 0 aliphatic carbocycles. The number of ether oxygens (including phenoxy) is 3. The van der Waals surface area contributed by atoms with Crippen molar-refractivity contribution in [1.29, 1.82) is 0 Å². The molecule has 0 aromatic heterocycles. The molecule has 6 nitrogen and oxygen atoms in total. The first-order valence-electron chi connectivity index (χ1n) is 28.0. The number of unbranched alkanes of at least 4 members (excludes halogenated alkanes) is 31. The molecule has 1 unspecified atom stereocenters. The van der Waals surface area contributed by atoms with E-state index in [2.05, 4.69) is 93.7 Å². The molecule has 0 heterocycles. The van der Waals surface area contributed by atoms with Crippen molar-refractivity contribution in [2.45, 2.75) is 277 Å². The number of carbonyl (C=O) groups is 3. The lowest BCUT2D eigenvalue weighted by Gasteiger charge is -2.18. The molecule has 0 rings (SSSR count). The minimum Gasteiger partial charge on any atom is -0.462 e. The molecule has 0 amide bonds. The largest absolute Gasteiger partial charge is 0.462 e. The maximum atomic E-state index is 12.8. The van der Waals surface area contributed by atoms with Gasteiger partial charge in [-0.15, -0.1) is 0 Å². The summed E-state index contributed by atoms with van der Waals surface area (Å²) >= 11 is 0. The van der Waals surface area contributed by atoms with Crippen molar-refractivity contribution in [3.8, 4) is 0 Å². The van der Waals surface area contributed by atoms with Crippen LogP contribution in [-0.2, 0) is 28.6 Å². The zero-order valence-corrected chi connectivity index (χ0v) is 43.4. The smallest absolute Gasteiger partial charge is 0.306 e. The van der Waals surface area contributed by atoms with Crippen molar-refractivity contribution < 1.29 is 28.6 Å². The van der Waals surface area contributed by atoms with Crippen LogP contribution in [-0.4, -0.2) is 37.2 Å². The Morgan fingerprint density at radius 2 is 0.545 bits per heavy atom. The van der Waals surface area contributed by atoms with Gasteiger partial charge >= 0.3 is 17.9 Å². The quantitative estimate of drug-likeness (QED) is 0.0262. The molecule has 1 atom stereocenters. The van der Waals surface area contributed by atoms with Gasteiger partial charge in [-0.2, -0.15) is 0 Å². The van der Waals surface area contributed by atoms with Gasteiger partial charge in [-0.3, -0.25) is 14.4 Å². The number of hydrogen-bond acceptors (Lipinski definition) is 6. The molecule has 66 heavy (non-hydrogen) atoms. The third-order valence-corrected chi connectivity index (χ3v) is 12.1. The molecule has 0 spiro atoms. The van der Waals surface area contributed by atoms with Crippen LogP contribution in [0.1, 0.15) is 271 Å². The van der Waals surface area contributed by atoms with Crippen molar-refractivity contribution in [2.75, 3.05) is 13.2 Å². The summed E-state index contributed by atoms with van der Waals surface area (Å²) in [5.74, 6) is -0.923. The Labute approximate surface area is 408 Å². The number of esters is 3. The third kappa shape index (κ3) is 51.8. The monoisotopic (exact) mass is 921 g/mol. The molecule has 0 N–H and O–H groups in total. The fourth-order valence-corrected chi connectivity index (χ4v) is 7.80. The zero-order chi connectivity index (χ0) is 47.9. The van der Waals surface area contributed by atoms with Crippen LogP contribution in [0, 0.1) is 0 Å². The van der Waals surface area contributed by atoms with Gasteiger partial charge in [-0.05, 0) is 70.6 Å². The fraction of sp³-hybridized carbons (Fsp3) is 0.750. The molecule has 0 saturated carbocycles. The van der Waals surface area contributed by atoms with Gasteiger partial charge < -0.3 is 14.2 Å². The van der Waals surface area contributed by atoms with Crippen LogP contribution in [0.25, 0.3) is 0 Å². The number of allylic oxidation sites excluding steroid dienone is 12. The second kappa shape index (κ2) is 54.5. The van der Waals surface area contributed by atoms with Crippen LogP contribution in [0.3, 0.4) is 0 Å². The lowest BCUT2D eigenvalue weighted by molar-refractivity contribution is -0.167. The fourth-order valence-electron chi connectivity index (χ4n) is 7.80. The Bertz CT molecular complexity index is 1240. The Morgan fingerprint density at radius 1 is 0.303 bits per heavy atom. The van der Waals surface area contributed by atoms with Gasteiger partial charge in [-0.1, -0.05) is 254 Å². The zero-order valence-electron chi connectivity index (χ0n) is 43.4. The molecule has 380 valence electrons. The van der Waals surface area contributed by atoms with E-state index in [9.17, 15) is 14.4 Å². The van der Waals surface area contributed by atoms with E-state index < -0.39 is 6.10 Å². The second-order valence-corrected chi connectivity index (χ2v) is 18.6. The minimum atomic E-state index is -0.793. The van der Waals surface area contributed by atoms with Crippen LogP contribution in [0.4, 0.5) is 0 Å². The SMILES string of the molecule is CCCCCCC\C=C/C=C\C=C/CCCCCCCC(=O)OCC(COC(=O)CCCCCCCCCCCCCC)OC(=O)CCCCCCC\C=C/C=C\C=C/CCCCCCC. The van der Waals surface area contributed by atoms with Crippen molar-refractivity contribution in [2.24, 2.45) is 0 Å². The molecule has 0 aliphatic heterocycles. The van der Waals surface area contributed by atoms with Crippen molar-refractivity contribution >= 4 is 17.9 Å². The molecule has 0 aliphatic rings. The van der Waals surface area contributed by atoms with Gasteiger partial charge in [0.25, 0.3) is 0 Å². The summed E-state index contributed by atoms with van der Waals surface area (Å²) in [7, 11) is 0. The second-order valence-electron chi connectivity index (χ2n) is 18.6. The molecule has 0 radical (unpaired) electrons. The Hall–Kier alpha value is -3.15. The van der Waals surface area contributed by atoms with Gasteiger partial charge in [0.1, 0.15) is 13.2 Å². The van der Waals surface area contributed by atoms with Crippen molar-refractivity contribution in [3.63, 3.8) is 0 Å². The van der Waals surface area contributed by atoms with Crippen LogP contribution >= 0.6 is 0 Å². The summed E-state index contributed by atoms with van der Waals surface area (Å²) in [5, 5.41) is 0. The van der Waals surface area contributed by atoms with Gasteiger partial charge in [0.15, 0.2) is 6.10 Å². The minimum absolute atomic E-state index is 0.0889. The number of hydrogen-bond donors (Lipinski definition) is 0. The lowest BCUT2D eigenvalue weighted by Crippen LogP contribution is -2.30. The average Bonchev–Trinajstić information content (AvgIpc) is 3.31. The van der Waals surface area contributed by atoms with E-state index in [1.165, 1.54) is 128 Å². The van der Waals surface area contributed by atoms with E-state index in [1.807, 2.05) is 0 Å². The van der Waals surface area contributed by atoms with Crippen molar-refractivity contribution in [1.82, 2.24) is 0 Å². The van der Waals surface area contributed by atoms with E-state index in [-0.39, 0.29) is 31.1 Å². The third-order valence-electron chi connectivity index (χ3n) is 12.1. The van der Waals surface area contributed by atoms with Gasteiger partial charge in [0.2, 0.25) is 0 Å². The maximum Gasteiger partial charge on any atom is 0.306 e. The highest BCUT2D eigenvalue weighted by molar-refractivity contribution is 5.71. The molecule has 0 bridgehead atoms. The number of rotatable bonds is 50. The first kappa shape index (κ1) is 62.8. The Balaban J connectivity index is 4.45. The molecule has 0 saturated heterocycles. The highest BCUT2D eigenvalue weighted by Crippen LogP contribution is 2.15. The normalized spacial score (nSPS) is 12.6.